The number of piperidine rings is 1. The number of aromatic nitrogens is 2. The number of carbonyl (C=O) groups excluding carboxylic acids is 1. The Morgan fingerprint density at radius 3 is 2.21 bits per heavy atom. The predicted molar refractivity (Wildman–Crippen MR) is 132 cm³/mol. The van der Waals surface area contributed by atoms with Gasteiger partial charge in [-0.3, -0.25) is 4.79 Å². The van der Waals surface area contributed by atoms with Crippen molar-refractivity contribution in [2.24, 2.45) is 0 Å². The fourth-order valence-electron chi connectivity index (χ4n) is 4.72. The van der Waals surface area contributed by atoms with Crippen molar-refractivity contribution in [1.82, 2.24) is 15.0 Å². The van der Waals surface area contributed by atoms with Crippen molar-refractivity contribution in [1.29, 1.82) is 0 Å². The van der Waals surface area contributed by atoms with Crippen molar-refractivity contribution in [3.8, 4) is 0 Å². The van der Waals surface area contributed by atoms with Gasteiger partial charge in [0.25, 0.3) is 0 Å². The molecule has 4 aromatic rings. The molecular formula is C28H26ClN3O2. The predicted octanol–water partition coefficient (Wildman–Crippen LogP) is 5.47. The Hall–Kier alpha value is -3.44. The first kappa shape index (κ1) is 22.4. The Labute approximate surface area is 204 Å². The van der Waals surface area contributed by atoms with Crippen LogP contribution in [0.2, 0.25) is 5.02 Å². The maximum atomic E-state index is 12.9. The molecule has 6 heteroatoms. The van der Waals surface area contributed by atoms with E-state index in [2.05, 4.69) is 17.3 Å². The lowest BCUT2D eigenvalue weighted by molar-refractivity contribution is -0.131. The maximum Gasteiger partial charge on any atom is 0.231 e. The van der Waals surface area contributed by atoms with Crippen molar-refractivity contribution in [3.63, 3.8) is 0 Å². The summed E-state index contributed by atoms with van der Waals surface area (Å²) in [6.07, 6.45) is 2.47. The SMILES string of the molecule is O=C(Cc1ccccc1)N1CCC(c2ccccc2)(c2noc(Cc3ccc(Cl)cc3)n2)CC1. The second-order valence-electron chi connectivity index (χ2n) is 8.81. The van der Waals surface area contributed by atoms with Gasteiger partial charge in [0.15, 0.2) is 5.82 Å². The lowest BCUT2D eigenvalue weighted by atomic mass is 9.72. The van der Waals surface area contributed by atoms with Crippen molar-refractivity contribution in [2.75, 3.05) is 13.1 Å². The van der Waals surface area contributed by atoms with Crippen LogP contribution in [0.4, 0.5) is 0 Å². The highest BCUT2D eigenvalue weighted by Crippen LogP contribution is 2.40. The monoisotopic (exact) mass is 471 g/mol. The van der Waals surface area contributed by atoms with Crippen LogP contribution in [0.1, 0.15) is 41.2 Å². The molecule has 3 aromatic carbocycles. The number of likely N-dealkylation sites (tertiary alicyclic amines) is 1. The van der Waals surface area contributed by atoms with Gasteiger partial charge in [-0.05, 0) is 41.7 Å². The summed E-state index contributed by atoms with van der Waals surface area (Å²) >= 11 is 6.01. The number of carbonyl (C=O) groups is 1. The molecule has 0 spiro atoms. The van der Waals surface area contributed by atoms with Crippen molar-refractivity contribution in [3.05, 3.63) is 118 Å². The third-order valence-electron chi connectivity index (χ3n) is 6.66. The van der Waals surface area contributed by atoms with Gasteiger partial charge in [-0.15, -0.1) is 0 Å². The third-order valence-corrected chi connectivity index (χ3v) is 6.91. The molecule has 0 saturated carbocycles. The van der Waals surface area contributed by atoms with Crippen molar-refractivity contribution < 1.29 is 9.32 Å². The molecular weight excluding hydrogens is 446 g/mol. The van der Waals surface area contributed by atoms with Gasteiger partial charge < -0.3 is 9.42 Å². The van der Waals surface area contributed by atoms with Crippen LogP contribution in [-0.4, -0.2) is 34.0 Å². The number of hydrogen-bond acceptors (Lipinski definition) is 4. The molecule has 34 heavy (non-hydrogen) atoms. The number of hydrogen-bond donors (Lipinski definition) is 0. The van der Waals surface area contributed by atoms with Crippen LogP contribution in [0, 0.1) is 0 Å². The highest BCUT2D eigenvalue weighted by atomic mass is 35.5. The Morgan fingerprint density at radius 1 is 0.882 bits per heavy atom. The van der Waals surface area contributed by atoms with E-state index < -0.39 is 0 Å². The van der Waals surface area contributed by atoms with E-state index in [-0.39, 0.29) is 11.3 Å². The second kappa shape index (κ2) is 9.82. The van der Waals surface area contributed by atoms with E-state index in [9.17, 15) is 4.79 Å². The number of nitrogens with zero attached hydrogens (tertiary/aromatic N) is 3. The summed E-state index contributed by atoms with van der Waals surface area (Å²) in [7, 11) is 0. The molecule has 1 amide bonds. The van der Waals surface area contributed by atoms with Crippen molar-refractivity contribution >= 4 is 17.5 Å². The average Bonchev–Trinajstić information content (AvgIpc) is 3.36. The molecule has 1 aliphatic heterocycles. The van der Waals surface area contributed by atoms with Crippen molar-refractivity contribution in [2.45, 2.75) is 31.1 Å². The second-order valence-corrected chi connectivity index (χ2v) is 9.24. The Bertz CT molecular complexity index is 1230. The third kappa shape index (κ3) is 4.75. The summed E-state index contributed by atoms with van der Waals surface area (Å²) in [5.41, 5.74) is 2.88. The normalized spacial score (nSPS) is 15.3. The first-order valence-corrected chi connectivity index (χ1v) is 11.9. The molecule has 5 nitrogen and oxygen atoms in total. The lowest BCUT2D eigenvalue weighted by Crippen LogP contribution is -2.46. The standard InChI is InChI=1S/C28H26ClN3O2/c29-24-13-11-22(12-14-24)19-25-30-27(31-34-25)28(23-9-5-2-6-10-23)15-17-32(18-16-28)26(33)20-21-7-3-1-4-8-21/h1-14H,15-20H2. The van der Waals surface area contributed by atoms with Crippen LogP contribution in [-0.2, 0) is 23.1 Å². The fraction of sp³-hybridized carbons (Fsp3) is 0.250. The minimum Gasteiger partial charge on any atom is -0.342 e. The van der Waals surface area contributed by atoms with Crippen LogP contribution >= 0.6 is 11.6 Å². The highest BCUT2D eigenvalue weighted by molar-refractivity contribution is 6.30. The average molecular weight is 472 g/mol. The molecule has 1 saturated heterocycles. The van der Waals surface area contributed by atoms with E-state index >= 15 is 0 Å². The molecule has 1 fully saturated rings. The number of halogens is 1. The van der Waals surface area contributed by atoms with Crippen LogP contribution in [0.25, 0.3) is 0 Å². The summed E-state index contributed by atoms with van der Waals surface area (Å²) in [4.78, 5) is 19.7. The maximum absolute atomic E-state index is 12.9. The van der Waals surface area contributed by atoms with Gasteiger partial charge in [-0.2, -0.15) is 4.98 Å². The number of benzene rings is 3. The van der Waals surface area contributed by atoms with E-state index in [4.69, 9.17) is 21.1 Å². The van der Waals surface area contributed by atoms with Gasteiger partial charge in [0.1, 0.15) is 0 Å². The van der Waals surface area contributed by atoms with E-state index in [0.29, 0.717) is 42.7 Å². The zero-order valence-electron chi connectivity index (χ0n) is 18.9. The molecule has 0 unspecified atom stereocenters. The molecule has 1 aromatic heterocycles. The molecule has 2 heterocycles. The van der Waals surface area contributed by atoms with Crippen LogP contribution in [0.3, 0.4) is 0 Å². The minimum atomic E-state index is -0.382. The Kier molecular flexibility index (Phi) is 6.45. The minimum absolute atomic E-state index is 0.157. The zero-order chi connectivity index (χ0) is 23.4. The molecule has 1 aliphatic rings. The first-order chi connectivity index (χ1) is 16.6. The van der Waals surface area contributed by atoms with Gasteiger partial charge in [0.05, 0.1) is 18.3 Å². The summed E-state index contributed by atoms with van der Waals surface area (Å²) in [5.74, 6) is 1.43. The highest BCUT2D eigenvalue weighted by Gasteiger charge is 2.42. The number of amides is 1. The topological polar surface area (TPSA) is 59.2 Å². The van der Waals surface area contributed by atoms with E-state index in [0.717, 1.165) is 29.5 Å². The molecule has 5 rings (SSSR count). The van der Waals surface area contributed by atoms with Gasteiger partial charge in [0, 0.05) is 18.1 Å². The molecule has 0 N–H and O–H groups in total. The first-order valence-electron chi connectivity index (χ1n) is 11.6. The molecule has 0 aliphatic carbocycles. The van der Waals surface area contributed by atoms with E-state index in [1.54, 1.807) is 0 Å². The quantitative estimate of drug-likeness (QED) is 0.374. The number of rotatable bonds is 6. The van der Waals surface area contributed by atoms with Crippen LogP contribution in [0.15, 0.2) is 89.5 Å². The van der Waals surface area contributed by atoms with Crippen LogP contribution < -0.4 is 0 Å². The zero-order valence-corrected chi connectivity index (χ0v) is 19.6. The Balaban J connectivity index is 1.36. The summed E-state index contributed by atoms with van der Waals surface area (Å²) in [5, 5.41) is 5.12. The summed E-state index contributed by atoms with van der Waals surface area (Å²) in [6.45, 7) is 1.31. The largest absolute Gasteiger partial charge is 0.342 e. The smallest absolute Gasteiger partial charge is 0.231 e. The lowest BCUT2D eigenvalue weighted by Gasteiger charge is -2.40. The Morgan fingerprint density at radius 2 is 1.53 bits per heavy atom. The van der Waals surface area contributed by atoms with Gasteiger partial charge in [0.2, 0.25) is 11.8 Å². The van der Waals surface area contributed by atoms with Gasteiger partial charge in [-0.1, -0.05) is 89.6 Å². The fourth-order valence-corrected chi connectivity index (χ4v) is 4.84. The molecule has 172 valence electrons. The summed E-state index contributed by atoms with van der Waals surface area (Å²) < 4.78 is 5.68. The van der Waals surface area contributed by atoms with E-state index in [1.807, 2.05) is 77.7 Å². The van der Waals surface area contributed by atoms with Crippen LogP contribution in [0.5, 0.6) is 0 Å². The van der Waals surface area contributed by atoms with E-state index in [1.165, 1.54) is 0 Å². The van der Waals surface area contributed by atoms with Gasteiger partial charge in [-0.25, -0.2) is 0 Å². The molecule has 0 bridgehead atoms. The molecule has 0 atom stereocenters. The summed E-state index contributed by atoms with van der Waals surface area (Å²) in [6, 6.07) is 27.9. The van der Waals surface area contributed by atoms with Gasteiger partial charge >= 0.3 is 0 Å². The molecule has 0 radical (unpaired) electrons.